The minimum Gasteiger partial charge on any atom is -0.224 e. The fourth-order valence-corrected chi connectivity index (χ4v) is 4.06. The molecule has 0 bridgehead atoms. The van der Waals surface area contributed by atoms with Crippen molar-refractivity contribution in [3.05, 3.63) is 90.5 Å². The Morgan fingerprint density at radius 3 is 1.93 bits per heavy atom. The van der Waals surface area contributed by atoms with Gasteiger partial charge in [-0.15, -0.1) is 0 Å². The van der Waals surface area contributed by atoms with Crippen molar-refractivity contribution in [1.82, 2.24) is 0 Å². The first kappa shape index (κ1) is 17.5. The maximum Gasteiger partial charge on any atom is 0.175 e. The van der Waals surface area contributed by atoms with Crippen LogP contribution in [0.4, 0.5) is 0 Å². The minimum absolute atomic E-state index is 0.339. The van der Waals surface area contributed by atoms with Gasteiger partial charge in [0.25, 0.3) is 0 Å². The molecule has 0 aliphatic heterocycles. The molecular weight excluding hydrogens is 352 g/mol. The zero-order valence-corrected chi connectivity index (χ0v) is 16.1. The van der Waals surface area contributed by atoms with E-state index in [1.54, 1.807) is 12.1 Å². The Bertz CT molecular complexity index is 1170. The number of fused-ring (bicyclic) bond motifs is 1. The monoisotopic (exact) mass is 372 g/mol. The lowest BCUT2D eigenvalue weighted by molar-refractivity contribution is 0.602. The molecule has 134 valence electrons. The van der Waals surface area contributed by atoms with Crippen LogP contribution in [0.25, 0.3) is 33.4 Å². The molecule has 2 aliphatic rings. The topological polar surface area (TPSA) is 34.1 Å². The number of aryl methyl sites for hydroxylation is 1. The Balaban J connectivity index is 1.96. The summed E-state index contributed by atoms with van der Waals surface area (Å²) in [6.45, 7) is 2.08. The molecule has 0 saturated heterocycles. The molecule has 2 aromatic carbocycles. The molecule has 0 spiro atoms. The van der Waals surface area contributed by atoms with Crippen LogP contribution < -0.4 is 0 Å². The summed E-state index contributed by atoms with van der Waals surface area (Å²) in [4.78, 5) is 0.339. The molecule has 2 aromatic rings. The van der Waals surface area contributed by atoms with Crippen LogP contribution in [-0.2, 0) is 9.84 Å². The van der Waals surface area contributed by atoms with Gasteiger partial charge in [-0.2, -0.15) is 0 Å². The van der Waals surface area contributed by atoms with Gasteiger partial charge >= 0.3 is 0 Å². The zero-order valence-electron chi connectivity index (χ0n) is 15.3. The van der Waals surface area contributed by atoms with E-state index < -0.39 is 9.84 Å². The van der Waals surface area contributed by atoms with E-state index in [2.05, 4.69) is 55.5 Å². The van der Waals surface area contributed by atoms with E-state index in [1.807, 2.05) is 24.3 Å². The number of hydrogen-bond acceptors (Lipinski definition) is 2. The van der Waals surface area contributed by atoms with E-state index in [1.165, 1.54) is 22.9 Å². The van der Waals surface area contributed by atoms with Crippen molar-refractivity contribution in [2.45, 2.75) is 11.8 Å². The molecule has 0 aromatic heterocycles. The third kappa shape index (κ3) is 3.38. The summed E-state index contributed by atoms with van der Waals surface area (Å²) in [5, 5.41) is 0. The van der Waals surface area contributed by atoms with Gasteiger partial charge in [0.1, 0.15) is 0 Å². The fourth-order valence-electron chi connectivity index (χ4n) is 3.43. The predicted molar refractivity (Wildman–Crippen MR) is 112 cm³/mol. The maximum absolute atomic E-state index is 11.8. The summed E-state index contributed by atoms with van der Waals surface area (Å²) >= 11 is 0. The molecule has 0 fully saturated rings. The summed E-state index contributed by atoms with van der Waals surface area (Å²) in [7, 11) is -3.20. The summed E-state index contributed by atoms with van der Waals surface area (Å²) in [6.07, 6.45) is 1.23. The van der Waals surface area contributed by atoms with Gasteiger partial charge in [0.05, 0.1) is 4.90 Å². The van der Waals surface area contributed by atoms with Gasteiger partial charge in [-0.25, -0.2) is 8.42 Å². The Labute approximate surface area is 160 Å². The van der Waals surface area contributed by atoms with Gasteiger partial charge in [-0.3, -0.25) is 0 Å². The first-order valence-corrected chi connectivity index (χ1v) is 10.7. The highest BCUT2D eigenvalue weighted by Crippen LogP contribution is 2.44. The Morgan fingerprint density at radius 1 is 0.630 bits per heavy atom. The predicted octanol–water partition coefficient (Wildman–Crippen LogP) is 5.84. The van der Waals surface area contributed by atoms with E-state index in [4.69, 9.17) is 0 Å². The van der Waals surface area contributed by atoms with Crippen LogP contribution >= 0.6 is 0 Å². The van der Waals surface area contributed by atoms with E-state index in [-0.39, 0.29) is 0 Å². The molecule has 0 atom stereocenters. The molecule has 0 unspecified atom stereocenters. The van der Waals surface area contributed by atoms with Crippen LogP contribution in [0.2, 0.25) is 0 Å². The highest BCUT2D eigenvalue weighted by Gasteiger charge is 2.18. The van der Waals surface area contributed by atoms with Crippen molar-refractivity contribution in [2.24, 2.45) is 0 Å². The second kappa shape index (κ2) is 6.67. The first-order chi connectivity index (χ1) is 12.9. The summed E-state index contributed by atoms with van der Waals surface area (Å²) < 4.78 is 23.6. The fraction of sp³-hybridized carbons (Fsp3) is 0.0833. The average molecular weight is 372 g/mol. The van der Waals surface area contributed by atoms with E-state index in [0.29, 0.717) is 4.90 Å². The van der Waals surface area contributed by atoms with E-state index >= 15 is 0 Å². The molecule has 0 saturated carbocycles. The van der Waals surface area contributed by atoms with E-state index in [0.717, 1.165) is 22.3 Å². The lowest BCUT2D eigenvalue weighted by Gasteiger charge is -2.09. The lowest BCUT2D eigenvalue weighted by Crippen LogP contribution is -1.96. The average Bonchev–Trinajstić information content (AvgIpc) is 2.84. The third-order valence-corrected chi connectivity index (χ3v) is 5.97. The van der Waals surface area contributed by atoms with Gasteiger partial charge in [-0.05, 0) is 58.5 Å². The number of benzene rings is 2. The van der Waals surface area contributed by atoms with Crippen molar-refractivity contribution in [3.8, 4) is 33.4 Å². The standard InChI is InChI=1S/C24H20O2S/c1-17-8-10-19(11-9-17)24-22-7-5-3-4-6-20(22)16-23(24)18-12-14-21(15-13-18)27(2,25)26/h3-16H,1-2H3. The second-order valence-corrected chi connectivity index (χ2v) is 8.89. The van der Waals surface area contributed by atoms with Gasteiger partial charge in [0.15, 0.2) is 9.84 Å². The summed E-state index contributed by atoms with van der Waals surface area (Å²) in [5.74, 6) is 0. The minimum atomic E-state index is -3.20. The van der Waals surface area contributed by atoms with Crippen molar-refractivity contribution < 1.29 is 8.42 Å². The Morgan fingerprint density at radius 2 is 1.26 bits per heavy atom. The number of hydrogen-bond donors (Lipinski definition) is 0. The van der Waals surface area contributed by atoms with Gasteiger partial charge in [-0.1, -0.05) is 72.3 Å². The molecule has 0 N–H and O–H groups in total. The molecule has 2 aliphatic carbocycles. The molecule has 0 heterocycles. The van der Waals surface area contributed by atoms with Gasteiger partial charge < -0.3 is 0 Å². The van der Waals surface area contributed by atoms with Crippen molar-refractivity contribution in [1.29, 1.82) is 0 Å². The third-order valence-electron chi connectivity index (χ3n) is 4.84. The molecule has 27 heavy (non-hydrogen) atoms. The Hall–Kier alpha value is -2.91. The number of sulfone groups is 1. The zero-order chi connectivity index (χ0) is 19.0. The largest absolute Gasteiger partial charge is 0.224 e. The maximum atomic E-state index is 11.8. The van der Waals surface area contributed by atoms with Crippen LogP contribution in [0.15, 0.2) is 89.8 Å². The van der Waals surface area contributed by atoms with Crippen LogP contribution in [0.3, 0.4) is 0 Å². The molecule has 3 heteroatoms. The molecule has 0 radical (unpaired) electrons. The van der Waals surface area contributed by atoms with Crippen molar-refractivity contribution in [3.63, 3.8) is 0 Å². The second-order valence-electron chi connectivity index (χ2n) is 6.88. The summed E-state index contributed by atoms with van der Waals surface area (Å²) in [6, 6.07) is 28.2. The number of rotatable bonds is 3. The molecule has 2 nitrogen and oxygen atoms in total. The lowest BCUT2D eigenvalue weighted by atomic mass is 9.96. The smallest absolute Gasteiger partial charge is 0.175 e. The first-order valence-electron chi connectivity index (χ1n) is 8.83. The van der Waals surface area contributed by atoms with Crippen molar-refractivity contribution >= 4 is 9.84 Å². The SMILES string of the molecule is Cc1ccc(-c2c3cccccc-3cc2-c2ccc(S(C)(=O)=O)cc2)cc1. The Kier molecular flexibility index (Phi) is 4.33. The highest BCUT2D eigenvalue weighted by molar-refractivity contribution is 7.90. The van der Waals surface area contributed by atoms with Crippen LogP contribution in [0.1, 0.15) is 5.56 Å². The molecule has 0 amide bonds. The highest BCUT2D eigenvalue weighted by atomic mass is 32.2. The van der Waals surface area contributed by atoms with Crippen molar-refractivity contribution in [2.75, 3.05) is 6.26 Å². The summed E-state index contributed by atoms with van der Waals surface area (Å²) in [5.41, 5.74) is 8.03. The molecule has 4 rings (SSSR count). The van der Waals surface area contributed by atoms with Gasteiger partial charge in [0, 0.05) is 6.26 Å². The normalized spacial score (nSPS) is 11.6. The van der Waals surface area contributed by atoms with Crippen LogP contribution in [0, 0.1) is 6.92 Å². The van der Waals surface area contributed by atoms with Gasteiger partial charge in [0.2, 0.25) is 0 Å². The van der Waals surface area contributed by atoms with E-state index in [9.17, 15) is 8.42 Å². The molecular formula is C24H20O2S. The quantitative estimate of drug-likeness (QED) is 0.453. The van der Waals surface area contributed by atoms with Crippen LogP contribution in [-0.4, -0.2) is 14.7 Å². The van der Waals surface area contributed by atoms with Crippen LogP contribution in [0.5, 0.6) is 0 Å².